The first kappa shape index (κ1) is 16.5. The largest absolute Gasteiger partial charge is 0.496 e. The zero-order valence-electron chi connectivity index (χ0n) is 13.1. The van der Waals surface area contributed by atoms with Crippen LogP contribution in [0, 0.1) is 5.92 Å². The Hall–Kier alpha value is -0.870. The number of hydrogen-bond acceptors (Lipinski definition) is 3. The van der Waals surface area contributed by atoms with E-state index in [4.69, 9.17) is 4.74 Å². The molecule has 1 aromatic rings. The molecule has 0 unspecified atom stereocenters. The highest BCUT2D eigenvalue weighted by atomic mass is 79.9. The van der Waals surface area contributed by atoms with E-state index >= 15 is 0 Å². The van der Waals surface area contributed by atoms with E-state index in [1.165, 1.54) is 12.8 Å². The molecule has 2 rings (SSSR count). The fourth-order valence-electron chi connectivity index (χ4n) is 2.37. The Kier molecular flexibility index (Phi) is 5.82. The minimum atomic E-state index is 0.189. The Bertz CT molecular complexity index is 498. The molecule has 0 atom stereocenters. The van der Waals surface area contributed by atoms with Crippen molar-refractivity contribution in [1.29, 1.82) is 0 Å². The second kappa shape index (κ2) is 7.41. The number of rotatable bonds is 8. The van der Waals surface area contributed by atoms with Crippen LogP contribution >= 0.6 is 15.9 Å². The zero-order chi connectivity index (χ0) is 15.4. The fraction of sp³-hybridized carbons (Fsp3) is 0.588. The van der Waals surface area contributed by atoms with Crippen LogP contribution in [0.5, 0.6) is 5.75 Å². The summed E-state index contributed by atoms with van der Waals surface area (Å²) in [7, 11) is 1.63. The summed E-state index contributed by atoms with van der Waals surface area (Å²) in [6.45, 7) is 6.00. The number of ether oxygens (including phenoxy) is 1. The van der Waals surface area contributed by atoms with E-state index in [2.05, 4.69) is 34.7 Å². The summed E-state index contributed by atoms with van der Waals surface area (Å²) in [5.74, 6) is 1.62. The van der Waals surface area contributed by atoms with Gasteiger partial charge in [-0.05, 0) is 65.9 Å². The number of nitrogens with zero attached hydrogens (tertiary/aromatic N) is 1. The molecule has 4 heteroatoms. The maximum atomic E-state index is 12.5. The van der Waals surface area contributed by atoms with Crippen LogP contribution in [0.4, 0.5) is 0 Å². The Morgan fingerprint density at radius 2 is 2.14 bits per heavy atom. The molecule has 0 aromatic heterocycles. The summed E-state index contributed by atoms with van der Waals surface area (Å²) in [6.07, 6.45) is 3.62. The second-order valence-corrected chi connectivity index (χ2v) is 7.01. The van der Waals surface area contributed by atoms with E-state index < -0.39 is 0 Å². The summed E-state index contributed by atoms with van der Waals surface area (Å²) in [5, 5.41) is 0. The molecule has 0 saturated heterocycles. The van der Waals surface area contributed by atoms with Crippen molar-refractivity contribution in [2.24, 2.45) is 5.92 Å². The molecule has 0 N–H and O–H groups in total. The standard InChI is InChI=1S/C17H24BrNO2/c1-12(2)8-9-19(14-5-6-14)11-16(20)13-4-7-17(21-3)15(18)10-13/h4,7,10,12,14H,5-6,8-9,11H2,1-3H3. The van der Waals surface area contributed by atoms with Crippen molar-refractivity contribution >= 4 is 21.7 Å². The van der Waals surface area contributed by atoms with Crippen molar-refractivity contribution in [1.82, 2.24) is 4.90 Å². The quantitative estimate of drug-likeness (QED) is 0.657. The molecule has 3 nitrogen and oxygen atoms in total. The first-order valence-electron chi connectivity index (χ1n) is 7.62. The highest BCUT2D eigenvalue weighted by Gasteiger charge is 2.30. The number of benzene rings is 1. The van der Waals surface area contributed by atoms with Crippen molar-refractivity contribution in [3.63, 3.8) is 0 Å². The van der Waals surface area contributed by atoms with E-state index in [9.17, 15) is 4.79 Å². The van der Waals surface area contributed by atoms with Crippen molar-refractivity contribution in [2.75, 3.05) is 20.2 Å². The lowest BCUT2D eigenvalue weighted by Crippen LogP contribution is -2.33. The highest BCUT2D eigenvalue weighted by molar-refractivity contribution is 9.10. The van der Waals surface area contributed by atoms with E-state index in [0.29, 0.717) is 18.5 Å². The third kappa shape index (κ3) is 4.82. The predicted molar refractivity (Wildman–Crippen MR) is 89.1 cm³/mol. The molecular formula is C17H24BrNO2. The Labute approximate surface area is 135 Å². The Morgan fingerprint density at radius 3 is 2.67 bits per heavy atom. The monoisotopic (exact) mass is 353 g/mol. The number of methoxy groups -OCH3 is 1. The predicted octanol–water partition coefficient (Wildman–Crippen LogP) is 4.15. The van der Waals surface area contributed by atoms with Crippen LogP contribution in [0.25, 0.3) is 0 Å². The maximum absolute atomic E-state index is 12.5. The maximum Gasteiger partial charge on any atom is 0.176 e. The van der Waals surface area contributed by atoms with Gasteiger partial charge in [0.1, 0.15) is 5.75 Å². The van der Waals surface area contributed by atoms with Gasteiger partial charge < -0.3 is 4.74 Å². The van der Waals surface area contributed by atoms with Gasteiger partial charge in [0.05, 0.1) is 18.1 Å². The molecule has 1 saturated carbocycles. The number of carbonyl (C=O) groups excluding carboxylic acids is 1. The van der Waals surface area contributed by atoms with Gasteiger partial charge in [-0.2, -0.15) is 0 Å². The zero-order valence-corrected chi connectivity index (χ0v) is 14.6. The molecule has 1 aliphatic carbocycles. The molecule has 1 fully saturated rings. The highest BCUT2D eigenvalue weighted by Crippen LogP contribution is 2.29. The van der Waals surface area contributed by atoms with Gasteiger partial charge in [0.25, 0.3) is 0 Å². The van der Waals surface area contributed by atoms with Crippen LogP contribution in [-0.4, -0.2) is 36.9 Å². The van der Waals surface area contributed by atoms with Gasteiger partial charge in [-0.3, -0.25) is 9.69 Å². The summed E-state index contributed by atoms with van der Waals surface area (Å²) in [4.78, 5) is 14.8. The Balaban J connectivity index is 1.99. The van der Waals surface area contributed by atoms with Gasteiger partial charge in [-0.1, -0.05) is 13.8 Å². The van der Waals surface area contributed by atoms with Crippen molar-refractivity contribution in [3.05, 3.63) is 28.2 Å². The smallest absolute Gasteiger partial charge is 0.176 e. The summed E-state index contributed by atoms with van der Waals surface area (Å²) < 4.78 is 6.03. The molecule has 0 bridgehead atoms. The van der Waals surface area contributed by atoms with Gasteiger partial charge in [0.2, 0.25) is 0 Å². The van der Waals surface area contributed by atoms with Crippen LogP contribution in [0.2, 0.25) is 0 Å². The first-order chi connectivity index (χ1) is 10.0. The van der Waals surface area contributed by atoms with Crippen LogP contribution in [0.1, 0.15) is 43.5 Å². The van der Waals surface area contributed by atoms with Gasteiger partial charge in [0.15, 0.2) is 5.78 Å². The average Bonchev–Trinajstić information content (AvgIpc) is 3.27. The molecule has 0 heterocycles. The SMILES string of the molecule is COc1ccc(C(=O)CN(CCC(C)C)C2CC2)cc1Br. The van der Waals surface area contributed by atoms with Crippen LogP contribution in [0.3, 0.4) is 0 Å². The molecule has 1 aromatic carbocycles. The van der Waals surface area contributed by atoms with Gasteiger partial charge in [0, 0.05) is 11.6 Å². The van der Waals surface area contributed by atoms with Gasteiger partial charge in [-0.25, -0.2) is 0 Å². The van der Waals surface area contributed by atoms with Crippen molar-refractivity contribution in [3.8, 4) is 5.75 Å². The third-order valence-electron chi connectivity index (χ3n) is 3.88. The van der Waals surface area contributed by atoms with Crippen LogP contribution in [0.15, 0.2) is 22.7 Å². The molecule has 0 amide bonds. The average molecular weight is 354 g/mol. The van der Waals surface area contributed by atoms with Crippen molar-refractivity contribution in [2.45, 2.75) is 39.2 Å². The van der Waals surface area contributed by atoms with Crippen LogP contribution < -0.4 is 4.74 Å². The topological polar surface area (TPSA) is 29.5 Å². The molecular weight excluding hydrogens is 330 g/mol. The number of hydrogen-bond donors (Lipinski definition) is 0. The number of carbonyl (C=O) groups is 1. The van der Waals surface area contributed by atoms with Gasteiger partial charge >= 0.3 is 0 Å². The summed E-state index contributed by atoms with van der Waals surface area (Å²) in [5.41, 5.74) is 0.748. The molecule has 21 heavy (non-hydrogen) atoms. The molecule has 0 radical (unpaired) electrons. The lowest BCUT2D eigenvalue weighted by Gasteiger charge is -2.22. The normalized spacial score (nSPS) is 14.8. The minimum absolute atomic E-state index is 0.189. The van der Waals surface area contributed by atoms with E-state index in [1.54, 1.807) is 7.11 Å². The lowest BCUT2D eigenvalue weighted by atomic mass is 10.1. The molecule has 1 aliphatic rings. The van der Waals surface area contributed by atoms with Crippen molar-refractivity contribution < 1.29 is 9.53 Å². The molecule has 0 aliphatic heterocycles. The van der Waals surface area contributed by atoms with E-state index in [-0.39, 0.29) is 5.78 Å². The van der Waals surface area contributed by atoms with Gasteiger partial charge in [-0.15, -0.1) is 0 Å². The minimum Gasteiger partial charge on any atom is -0.496 e. The first-order valence-corrected chi connectivity index (χ1v) is 8.41. The summed E-state index contributed by atoms with van der Waals surface area (Å²) >= 11 is 3.44. The number of ketones is 1. The summed E-state index contributed by atoms with van der Waals surface area (Å²) in [6, 6.07) is 6.16. The number of Topliss-reactive ketones (excluding diaryl/α,β-unsaturated/α-hetero) is 1. The number of halogens is 1. The third-order valence-corrected chi connectivity index (χ3v) is 4.50. The van der Waals surface area contributed by atoms with E-state index in [1.807, 2.05) is 18.2 Å². The Morgan fingerprint density at radius 1 is 1.43 bits per heavy atom. The fourth-order valence-corrected chi connectivity index (χ4v) is 2.91. The van der Waals surface area contributed by atoms with Crippen LogP contribution in [-0.2, 0) is 0 Å². The molecule has 116 valence electrons. The lowest BCUT2D eigenvalue weighted by molar-refractivity contribution is 0.0920. The second-order valence-electron chi connectivity index (χ2n) is 6.16. The van der Waals surface area contributed by atoms with E-state index in [0.717, 1.165) is 28.8 Å². The molecule has 0 spiro atoms.